The molecule has 0 atom stereocenters. The van der Waals surface area contributed by atoms with E-state index in [9.17, 15) is 23.3 Å². The second kappa shape index (κ2) is 4.84. The molecule has 2 fully saturated rings. The number of hydrogen-bond donors (Lipinski definition) is 1. The van der Waals surface area contributed by atoms with E-state index in [-0.39, 0.29) is 12.1 Å². The van der Waals surface area contributed by atoms with Crippen LogP contribution >= 0.6 is 0 Å². The average molecular weight is 315 g/mol. The maximum Gasteiger partial charge on any atom is 0.418 e. The minimum absolute atomic E-state index is 0.283. The predicted octanol–water partition coefficient (Wildman–Crippen LogP) is 3.18. The first kappa shape index (κ1) is 15.1. The van der Waals surface area contributed by atoms with Crippen molar-refractivity contribution in [3.05, 3.63) is 33.4 Å². The number of alkyl halides is 3. The average Bonchev–Trinajstić information content (AvgIpc) is 3.03. The highest BCUT2D eigenvalue weighted by atomic mass is 19.4. The van der Waals surface area contributed by atoms with Crippen molar-refractivity contribution in [2.45, 2.75) is 32.0 Å². The van der Waals surface area contributed by atoms with Gasteiger partial charge in [-0.2, -0.15) is 13.2 Å². The van der Waals surface area contributed by atoms with Gasteiger partial charge in [-0.1, -0.05) is 0 Å². The van der Waals surface area contributed by atoms with Crippen molar-refractivity contribution in [3.63, 3.8) is 0 Å². The van der Waals surface area contributed by atoms with Gasteiger partial charge in [-0.15, -0.1) is 0 Å². The molecular formula is C14H16F3N3O2. The van der Waals surface area contributed by atoms with Gasteiger partial charge in [0.1, 0.15) is 5.69 Å². The lowest BCUT2D eigenvalue weighted by atomic mass is 10.1. The molecule has 1 aliphatic carbocycles. The largest absolute Gasteiger partial charge is 0.418 e. The molecule has 3 rings (SSSR count). The van der Waals surface area contributed by atoms with E-state index < -0.39 is 28.0 Å². The van der Waals surface area contributed by atoms with Crippen LogP contribution in [-0.2, 0) is 12.7 Å². The van der Waals surface area contributed by atoms with E-state index in [1.54, 1.807) is 0 Å². The number of nitro groups is 1. The molecule has 1 spiro atoms. The molecule has 0 bridgehead atoms. The van der Waals surface area contributed by atoms with Gasteiger partial charge >= 0.3 is 6.18 Å². The number of rotatable bonds is 3. The van der Waals surface area contributed by atoms with Crippen molar-refractivity contribution in [1.29, 1.82) is 0 Å². The van der Waals surface area contributed by atoms with Crippen LogP contribution in [0.5, 0.6) is 0 Å². The van der Waals surface area contributed by atoms with Gasteiger partial charge < -0.3 is 5.73 Å². The van der Waals surface area contributed by atoms with Crippen LogP contribution in [-0.4, -0.2) is 22.9 Å². The highest BCUT2D eigenvalue weighted by molar-refractivity contribution is 5.65. The van der Waals surface area contributed by atoms with Crippen LogP contribution in [0.25, 0.3) is 0 Å². The zero-order valence-electron chi connectivity index (χ0n) is 11.8. The number of likely N-dealkylation sites (tertiary alicyclic amines) is 1. The van der Waals surface area contributed by atoms with Gasteiger partial charge in [0.2, 0.25) is 0 Å². The Morgan fingerprint density at radius 2 is 2.00 bits per heavy atom. The first-order valence-electron chi connectivity index (χ1n) is 7.07. The highest BCUT2D eigenvalue weighted by Gasteiger charge is 2.47. The molecule has 5 nitrogen and oxygen atoms in total. The van der Waals surface area contributed by atoms with Gasteiger partial charge in [0.05, 0.1) is 10.5 Å². The number of nitro benzene ring substituents is 1. The molecule has 120 valence electrons. The first-order chi connectivity index (χ1) is 10.2. The van der Waals surface area contributed by atoms with Crippen molar-refractivity contribution in [3.8, 4) is 0 Å². The molecule has 1 aliphatic heterocycles. The molecule has 0 radical (unpaired) electrons. The van der Waals surface area contributed by atoms with Gasteiger partial charge in [0.15, 0.2) is 0 Å². The Balaban J connectivity index is 1.90. The summed E-state index contributed by atoms with van der Waals surface area (Å²) < 4.78 is 39.0. The highest BCUT2D eigenvalue weighted by Crippen LogP contribution is 2.53. The summed E-state index contributed by atoms with van der Waals surface area (Å²) in [6, 6.07) is 2.09. The molecule has 1 heterocycles. The predicted molar refractivity (Wildman–Crippen MR) is 74.1 cm³/mol. The fraction of sp³-hybridized carbons (Fsp3) is 0.571. The van der Waals surface area contributed by atoms with Crippen LogP contribution in [0.4, 0.5) is 24.5 Å². The van der Waals surface area contributed by atoms with Gasteiger partial charge in [-0.3, -0.25) is 15.0 Å². The Morgan fingerprint density at radius 3 is 2.50 bits per heavy atom. The summed E-state index contributed by atoms with van der Waals surface area (Å²) in [5.74, 6) is 0. The summed E-state index contributed by atoms with van der Waals surface area (Å²) in [6.45, 7) is 1.96. The van der Waals surface area contributed by atoms with Gasteiger partial charge in [0, 0.05) is 19.2 Å². The number of anilines is 1. The van der Waals surface area contributed by atoms with E-state index in [0.29, 0.717) is 5.41 Å². The molecule has 0 aromatic heterocycles. The summed E-state index contributed by atoms with van der Waals surface area (Å²) in [5, 5.41) is 10.9. The third-order valence-corrected chi connectivity index (χ3v) is 4.60. The molecule has 2 aliphatic rings. The van der Waals surface area contributed by atoms with Crippen molar-refractivity contribution in [1.82, 2.24) is 4.90 Å². The fourth-order valence-corrected chi connectivity index (χ4v) is 3.18. The Bertz CT molecular complexity index is 626. The normalized spacial score (nSPS) is 20.5. The second-order valence-corrected chi connectivity index (χ2v) is 6.29. The van der Waals surface area contributed by atoms with Crippen LogP contribution in [0.3, 0.4) is 0 Å². The molecule has 1 aromatic rings. The van der Waals surface area contributed by atoms with E-state index in [4.69, 9.17) is 5.73 Å². The van der Waals surface area contributed by atoms with Crippen molar-refractivity contribution >= 4 is 11.4 Å². The Morgan fingerprint density at radius 1 is 1.32 bits per heavy atom. The topological polar surface area (TPSA) is 72.4 Å². The van der Waals surface area contributed by atoms with E-state index in [0.717, 1.165) is 31.6 Å². The lowest BCUT2D eigenvalue weighted by Crippen LogP contribution is -2.21. The maximum atomic E-state index is 13.0. The van der Waals surface area contributed by atoms with E-state index in [1.165, 1.54) is 12.8 Å². The summed E-state index contributed by atoms with van der Waals surface area (Å²) in [7, 11) is 0. The summed E-state index contributed by atoms with van der Waals surface area (Å²) >= 11 is 0. The summed E-state index contributed by atoms with van der Waals surface area (Å²) in [4.78, 5) is 12.1. The molecular weight excluding hydrogens is 299 g/mol. The Hall–Kier alpha value is -1.83. The van der Waals surface area contributed by atoms with Gasteiger partial charge in [-0.25, -0.2) is 0 Å². The smallest absolute Gasteiger partial charge is 0.393 e. The summed E-state index contributed by atoms with van der Waals surface area (Å²) in [6.07, 6.45) is -1.32. The fourth-order valence-electron chi connectivity index (χ4n) is 3.18. The van der Waals surface area contributed by atoms with E-state index in [1.807, 2.05) is 0 Å². The number of benzene rings is 1. The molecule has 1 saturated heterocycles. The van der Waals surface area contributed by atoms with Crippen LogP contribution in [0.15, 0.2) is 12.1 Å². The third kappa shape index (κ3) is 2.75. The van der Waals surface area contributed by atoms with E-state index >= 15 is 0 Å². The number of nitrogens with zero attached hydrogens (tertiary/aromatic N) is 2. The zero-order chi connectivity index (χ0) is 16.1. The van der Waals surface area contributed by atoms with Crippen molar-refractivity contribution < 1.29 is 18.1 Å². The number of halogens is 3. The van der Waals surface area contributed by atoms with Gasteiger partial charge in [0.25, 0.3) is 5.69 Å². The van der Waals surface area contributed by atoms with Crippen LogP contribution in [0, 0.1) is 15.5 Å². The molecule has 8 heteroatoms. The van der Waals surface area contributed by atoms with Crippen LogP contribution in [0.2, 0.25) is 0 Å². The number of nitrogen functional groups attached to an aromatic ring is 1. The first-order valence-corrected chi connectivity index (χ1v) is 7.07. The molecule has 1 aromatic carbocycles. The maximum absolute atomic E-state index is 13.0. The summed E-state index contributed by atoms with van der Waals surface area (Å²) in [5.41, 5.74) is 3.34. The standard InChI is InChI=1S/C14H16F3N3O2/c15-14(16,17)10-5-9(6-11(12(10)18)20(21)22)7-19-4-3-13(8-19)1-2-13/h5-6H,1-4,7-8,18H2. The van der Waals surface area contributed by atoms with Gasteiger partial charge in [-0.05, 0) is 42.9 Å². The molecule has 22 heavy (non-hydrogen) atoms. The van der Waals surface area contributed by atoms with Crippen molar-refractivity contribution in [2.24, 2.45) is 5.41 Å². The Kier molecular flexibility index (Phi) is 3.32. The molecule has 0 amide bonds. The lowest BCUT2D eigenvalue weighted by Gasteiger charge is -2.18. The second-order valence-electron chi connectivity index (χ2n) is 6.29. The third-order valence-electron chi connectivity index (χ3n) is 4.60. The molecule has 0 unspecified atom stereocenters. The minimum atomic E-state index is -4.70. The SMILES string of the molecule is Nc1c([N+](=O)[O-])cc(CN2CCC3(CC3)C2)cc1C(F)(F)F. The monoisotopic (exact) mass is 315 g/mol. The number of hydrogen-bond acceptors (Lipinski definition) is 4. The minimum Gasteiger partial charge on any atom is -0.393 e. The lowest BCUT2D eigenvalue weighted by molar-refractivity contribution is -0.384. The zero-order valence-corrected chi connectivity index (χ0v) is 11.8. The van der Waals surface area contributed by atoms with E-state index in [2.05, 4.69) is 4.90 Å². The van der Waals surface area contributed by atoms with Crippen LogP contribution in [0.1, 0.15) is 30.4 Å². The molecule has 2 N–H and O–H groups in total. The Labute approximate surface area is 125 Å². The molecule has 1 saturated carbocycles. The van der Waals surface area contributed by atoms with Crippen LogP contribution < -0.4 is 5.73 Å². The number of nitrogens with two attached hydrogens (primary N) is 1. The van der Waals surface area contributed by atoms with Crippen molar-refractivity contribution in [2.75, 3.05) is 18.8 Å². The quantitative estimate of drug-likeness (QED) is 0.528.